The number of fused-ring (bicyclic) bond motifs is 3. The van der Waals surface area contributed by atoms with Crippen LogP contribution in [-0.2, 0) is 11.2 Å². The third-order valence-electron chi connectivity index (χ3n) is 4.01. The molecule has 0 aliphatic carbocycles. The van der Waals surface area contributed by atoms with Crippen LogP contribution in [0.25, 0.3) is 11.1 Å². The van der Waals surface area contributed by atoms with Crippen LogP contribution in [0, 0.1) is 0 Å². The second-order valence-electron chi connectivity index (χ2n) is 6.26. The molecule has 4 heteroatoms. The van der Waals surface area contributed by atoms with Gasteiger partial charge in [0, 0.05) is 12.0 Å². The summed E-state index contributed by atoms with van der Waals surface area (Å²) in [6.07, 6.45) is 0.752. The Balaban J connectivity index is 2.22. The van der Waals surface area contributed by atoms with Crippen LogP contribution in [0.15, 0.2) is 36.4 Å². The highest BCUT2D eigenvalue weighted by atomic mass is 16.5. The lowest BCUT2D eigenvalue weighted by atomic mass is 9.92. The molecule has 0 saturated carbocycles. The summed E-state index contributed by atoms with van der Waals surface area (Å²) in [5.41, 5.74) is 3.25. The van der Waals surface area contributed by atoms with E-state index in [4.69, 9.17) is 14.2 Å². The summed E-state index contributed by atoms with van der Waals surface area (Å²) >= 11 is 0. The lowest BCUT2D eigenvalue weighted by Crippen LogP contribution is -2.30. The standard InChI is InChI=1S/C19H20O4/c1-19(2)11-13-9-14(21-3)6-7-15(13)16-10-12(18(20)22-4)5-8-17(16)23-19/h5-10H,11H2,1-4H3. The second-order valence-corrected chi connectivity index (χ2v) is 6.26. The van der Waals surface area contributed by atoms with Crippen molar-refractivity contribution in [2.24, 2.45) is 0 Å². The first-order chi connectivity index (χ1) is 10.9. The Kier molecular flexibility index (Phi) is 3.76. The van der Waals surface area contributed by atoms with Crippen molar-refractivity contribution in [2.45, 2.75) is 25.9 Å². The summed E-state index contributed by atoms with van der Waals surface area (Å²) in [4.78, 5) is 11.8. The summed E-state index contributed by atoms with van der Waals surface area (Å²) in [7, 11) is 3.04. The number of ether oxygens (including phenoxy) is 3. The van der Waals surface area contributed by atoms with Crippen molar-refractivity contribution in [3.8, 4) is 22.6 Å². The van der Waals surface area contributed by atoms with E-state index in [9.17, 15) is 4.79 Å². The van der Waals surface area contributed by atoms with Gasteiger partial charge in [-0.2, -0.15) is 0 Å². The van der Waals surface area contributed by atoms with Crippen LogP contribution in [0.1, 0.15) is 29.8 Å². The van der Waals surface area contributed by atoms with Gasteiger partial charge in [-0.15, -0.1) is 0 Å². The van der Waals surface area contributed by atoms with Crippen LogP contribution < -0.4 is 9.47 Å². The molecule has 0 spiro atoms. The van der Waals surface area contributed by atoms with Crippen LogP contribution >= 0.6 is 0 Å². The number of carbonyl (C=O) groups is 1. The van der Waals surface area contributed by atoms with Gasteiger partial charge in [-0.3, -0.25) is 0 Å². The molecule has 0 bridgehead atoms. The molecule has 0 aromatic heterocycles. The summed E-state index contributed by atoms with van der Waals surface area (Å²) < 4.78 is 16.3. The van der Waals surface area contributed by atoms with Gasteiger partial charge in [0.15, 0.2) is 0 Å². The number of rotatable bonds is 2. The van der Waals surface area contributed by atoms with Gasteiger partial charge in [0.05, 0.1) is 19.8 Å². The average Bonchev–Trinajstić information content (AvgIpc) is 2.64. The van der Waals surface area contributed by atoms with Crippen LogP contribution in [0.2, 0.25) is 0 Å². The van der Waals surface area contributed by atoms with E-state index in [2.05, 4.69) is 13.8 Å². The smallest absolute Gasteiger partial charge is 0.337 e. The number of hydrogen-bond donors (Lipinski definition) is 0. The largest absolute Gasteiger partial charge is 0.497 e. The van der Waals surface area contributed by atoms with Crippen molar-refractivity contribution < 1.29 is 19.0 Å². The van der Waals surface area contributed by atoms with Crippen molar-refractivity contribution in [3.63, 3.8) is 0 Å². The van der Waals surface area contributed by atoms with Crippen molar-refractivity contribution in [3.05, 3.63) is 47.5 Å². The maximum absolute atomic E-state index is 11.8. The van der Waals surface area contributed by atoms with E-state index in [1.54, 1.807) is 13.2 Å². The maximum atomic E-state index is 11.8. The summed E-state index contributed by atoms with van der Waals surface area (Å²) in [5, 5.41) is 0. The zero-order valence-corrected chi connectivity index (χ0v) is 13.8. The quantitative estimate of drug-likeness (QED) is 0.790. The fourth-order valence-electron chi connectivity index (χ4n) is 2.97. The Morgan fingerprint density at radius 1 is 1.09 bits per heavy atom. The van der Waals surface area contributed by atoms with E-state index in [0.717, 1.165) is 34.6 Å². The van der Waals surface area contributed by atoms with Crippen LogP contribution in [0.3, 0.4) is 0 Å². The fraction of sp³-hybridized carbons (Fsp3) is 0.316. The summed E-state index contributed by atoms with van der Waals surface area (Å²) in [5.74, 6) is 1.23. The maximum Gasteiger partial charge on any atom is 0.337 e. The topological polar surface area (TPSA) is 44.8 Å². The molecule has 1 aliphatic heterocycles. The minimum Gasteiger partial charge on any atom is -0.497 e. The molecule has 0 radical (unpaired) electrons. The monoisotopic (exact) mass is 312 g/mol. The summed E-state index contributed by atoms with van der Waals surface area (Å²) in [6, 6.07) is 11.4. The Labute approximate surface area is 136 Å². The van der Waals surface area contributed by atoms with Gasteiger partial charge in [-0.05, 0) is 55.3 Å². The van der Waals surface area contributed by atoms with Gasteiger partial charge >= 0.3 is 5.97 Å². The van der Waals surface area contributed by atoms with Crippen molar-refractivity contribution in [1.29, 1.82) is 0 Å². The Hall–Kier alpha value is -2.49. The average molecular weight is 312 g/mol. The van der Waals surface area contributed by atoms with Gasteiger partial charge in [0.25, 0.3) is 0 Å². The highest BCUT2D eigenvalue weighted by molar-refractivity contribution is 5.92. The van der Waals surface area contributed by atoms with E-state index in [1.165, 1.54) is 7.11 Å². The van der Waals surface area contributed by atoms with Crippen molar-refractivity contribution in [2.75, 3.05) is 14.2 Å². The van der Waals surface area contributed by atoms with Gasteiger partial charge in [0.2, 0.25) is 0 Å². The molecule has 0 fully saturated rings. The second kappa shape index (κ2) is 5.61. The zero-order valence-electron chi connectivity index (χ0n) is 13.8. The molecule has 0 saturated heterocycles. The third-order valence-corrected chi connectivity index (χ3v) is 4.01. The molecule has 3 rings (SSSR count). The molecule has 0 unspecified atom stereocenters. The minimum absolute atomic E-state index is 0.348. The highest BCUT2D eigenvalue weighted by Gasteiger charge is 2.29. The van der Waals surface area contributed by atoms with Gasteiger partial charge in [-0.25, -0.2) is 4.79 Å². The predicted molar refractivity (Wildman–Crippen MR) is 88.2 cm³/mol. The lowest BCUT2D eigenvalue weighted by Gasteiger charge is -2.25. The molecule has 1 heterocycles. The molecule has 120 valence electrons. The van der Waals surface area contributed by atoms with Gasteiger partial charge in [-0.1, -0.05) is 6.07 Å². The van der Waals surface area contributed by atoms with Crippen LogP contribution in [-0.4, -0.2) is 25.8 Å². The van der Waals surface area contributed by atoms with Crippen molar-refractivity contribution >= 4 is 5.97 Å². The third kappa shape index (κ3) is 2.89. The molecule has 0 N–H and O–H groups in total. The summed E-state index contributed by atoms with van der Waals surface area (Å²) in [6.45, 7) is 4.11. The Morgan fingerprint density at radius 2 is 1.87 bits per heavy atom. The molecular formula is C19H20O4. The van der Waals surface area contributed by atoms with E-state index in [1.807, 2.05) is 30.3 Å². The number of benzene rings is 2. The number of carbonyl (C=O) groups excluding carboxylic acids is 1. The van der Waals surface area contributed by atoms with Crippen LogP contribution in [0.4, 0.5) is 0 Å². The molecule has 2 aromatic rings. The SMILES string of the molecule is COC(=O)c1ccc2c(c1)-c1ccc(OC)cc1CC(C)(C)O2. The lowest BCUT2D eigenvalue weighted by molar-refractivity contribution is 0.0600. The highest BCUT2D eigenvalue weighted by Crippen LogP contribution is 2.41. The van der Waals surface area contributed by atoms with E-state index < -0.39 is 0 Å². The van der Waals surface area contributed by atoms with Gasteiger partial charge < -0.3 is 14.2 Å². The Morgan fingerprint density at radius 3 is 2.57 bits per heavy atom. The molecule has 2 aromatic carbocycles. The van der Waals surface area contributed by atoms with E-state index in [-0.39, 0.29) is 11.6 Å². The minimum atomic E-state index is -0.355. The van der Waals surface area contributed by atoms with Crippen LogP contribution in [0.5, 0.6) is 11.5 Å². The fourth-order valence-corrected chi connectivity index (χ4v) is 2.97. The number of esters is 1. The molecule has 0 amide bonds. The van der Waals surface area contributed by atoms with Crippen molar-refractivity contribution in [1.82, 2.24) is 0 Å². The van der Waals surface area contributed by atoms with Gasteiger partial charge in [0.1, 0.15) is 17.1 Å². The Bertz CT molecular complexity index is 762. The first kappa shape index (κ1) is 15.4. The van der Waals surface area contributed by atoms with E-state index in [0.29, 0.717) is 5.56 Å². The first-order valence-electron chi connectivity index (χ1n) is 7.52. The zero-order chi connectivity index (χ0) is 16.6. The molecule has 4 nitrogen and oxygen atoms in total. The molecular weight excluding hydrogens is 292 g/mol. The molecule has 0 atom stereocenters. The number of hydrogen-bond acceptors (Lipinski definition) is 4. The molecule has 23 heavy (non-hydrogen) atoms. The normalized spacial score (nSPS) is 14.8. The number of methoxy groups -OCH3 is 2. The predicted octanol–water partition coefficient (Wildman–Crippen LogP) is 3.86. The molecule has 1 aliphatic rings. The first-order valence-corrected chi connectivity index (χ1v) is 7.52. The van der Waals surface area contributed by atoms with E-state index >= 15 is 0 Å².